The van der Waals surface area contributed by atoms with Crippen LogP contribution in [0.1, 0.15) is 18.1 Å². The van der Waals surface area contributed by atoms with Crippen molar-refractivity contribution in [3.05, 3.63) is 23.4 Å². The summed E-state index contributed by atoms with van der Waals surface area (Å²) in [5.41, 5.74) is 7.25. The molecule has 0 fully saturated rings. The molecule has 0 bridgehead atoms. The van der Waals surface area contributed by atoms with Crippen molar-refractivity contribution in [3.63, 3.8) is 0 Å². The van der Waals surface area contributed by atoms with E-state index in [0.717, 1.165) is 17.9 Å². The van der Waals surface area contributed by atoms with E-state index in [9.17, 15) is 0 Å². The second-order valence-corrected chi connectivity index (χ2v) is 3.33. The van der Waals surface area contributed by atoms with Crippen LogP contribution in [0.5, 0.6) is 0 Å². The maximum atomic E-state index is 8.71. The molecule has 3 N–H and O–H groups in total. The van der Waals surface area contributed by atoms with Crippen molar-refractivity contribution in [2.24, 2.45) is 10.9 Å². The molecule has 0 saturated heterocycles. The van der Waals surface area contributed by atoms with Gasteiger partial charge in [0.05, 0.1) is 5.56 Å². The average Bonchev–Trinajstić information content (AvgIpc) is 2.26. The second-order valence-electron chi connectivity index (χ2n) is 3.33. The van der Waals surface area contributed by atoms with Crippen molar-refractivity contribution in [2.75, 3.05) is 18.5 Å². The van der Waals surface area contributed by atoms with E-state index in [1.807, 2.05) is 31.9 Å². The molecule has 0 aromatic carbocycles. The van der Waals surface area contributed by atoms with Gasteiger partial charge in [-0.1, -0.05) is 5.16 Å². The van der Waals surface area contributed by atoms with Crippen molar-refractivity contribution < 1.29 is 5.21 Å². The van der Waals surface area contributed by atoms with E-state index in [-0.39, 0.29) is 5.84 Å². The predicted octanol–water partition coefficient (Wildman–Crippen LogP) is 0.941. The molecule has 0 unspecified atom stereocenters. The number of aromatic nitrogens is 1. The Kier molecular flexibility index (Phi) is 3.49. The number of hydrogen-bond acceptors (Lipinski definition) is 4. The Bertz CT molecular complexity index is 376. The Morgan fingerprint density at radius 1 is 1.67 bits per heavy atom. The number of nitrogens with two attached hydrogens (primary N) is 1. The summed E-state index contributed by atoms with van der Waals surface area (Å²) in [5, 5.41) is 11.7. The zero-order valence-corrected chi connectivity index (χ0v) is 9.23. The summed E-state index contributed by atoms with van der Waals surface area (Å²) < 4.78 is 0. The number of hydrogen-bond donors (Lipinski definition) is 2. The lowest BCUT2D eigenvalue weighted by atomic mass is 10.1. The van der Waals surface area contributed by atoms with E-state index in [4.69, 9.17) is 10.9 Å². The minimum Gasteiger partial charge on any atom is -0.409 e. The number of pyridine rings is 1. The summed E-state index contributed by atoms with van der Waals surface area (Å²) in [6.45, 7) is 4.73. The third-order valence-electron chi connectivity index (χ3n) is 2.34. The molecule has 0 spiro atoms. The maximum absolute atomic E-state index is 8.71. The summed E-state index contributed by atoms with van der Waals surface area (Å²) in [4.78, 5) is 6.18. The fourth-order valence-corrected chi connectivity index (χ4v) is 1.35. The standard InChI is InChI=1S/C10H16N4O/c1-4-14(3)10-8(9(11)13-15)7(2)5-6-12-10/h5-6,15H,4H2,1-3H3,(H2,11,13). The quantitative estimate of drug-likeness (QED) is 0.335. The lowest BCUT2D eigenvalue weighted by Crippen LogP contribution is -2.24. The highest BCUT2D eigenvalue weighted by Crippen LogP contribution is 2.19. The zero-order valence-electron chi connectivity index (χ0n) is 9.23. The molecule has 0 atom stereocenters. The number of amidine groups is 1. The van der Waals surface area contributed by atoms with Gasteiger partial charge in [-0.15, -0.1) is 0 Å². The summed E-state index contributed by atoms with van der Waals surface area (Å²) in [6, 6.07) is 1.83. The van der Waals surface area contributed by atoms with E-state index in [2.05, 4.69) is 10.1 Å². The van der Waals surface area contributed by atoms with Gasteiger partial charge in [0.15, 0.2) is 5.84 Å². The third-order valence-corrected chi connectivity index (χ3v) is 2.34. The molecule has 15 heavy (non-hydrogen) atoms. The number of anilines is 1. The Balaban J connectivity index is 3.33. The van der Waals surface area contributed by atoms with Gasteiger partial charge in [0.1, 0.15) is 5.82 Å². The molecule has 1 rings (SSSR count). The van der Waals surface area contributed by atoms with Crippen LogP contribution in [-0.4, -0.2) is 29.6 Å². The van der Waals surface area contributed by atoms with Gasteiger partial charge in [-0.05, 0) is 25.5 Å². The average molecular weight is 208 g/mol. The van der Waals surface area contributed by atoms with Crippen LogP contribution in [0.25, 0.3) is 0 Å². The Hall–Kier alpha value is -1.78. The van der Waals surface area contributed by atoms with Crippen LogP contribution >= 0.6 is 0 Å². The molecule has 0 saturated carbocycles. The molecule has 1 aromatic rings. The first-order valence-corrected chi connectivity index (χ1v) is 4.76. The highest BCUT2D eigenvalue weighted by molar-refractivity contribution is 6.02. The highest BCUT2D eigenvalue weighted by atomic mass is 16.4. The molecule has 1 aromatic heterocycles. The maximum Gasteiger partial charge on any atom is 0.174 e. The molecule has 5 nitrogen and oxygen atoms in total. The van der Waals surface area contributed by atoms with E-state index in [1.165, 1.54) is 0 Å². The van der Waals surface area contributed by atoms with Gasteiger partial charge >= 0.3 is 0 Å². The topological polar surface area (TPSA) is 74.7 Å². The molecule has 0 radical (unpaired) electrons. The summed E-state index contributed by atoms with van der Waals surface area (Å²) >= 11 is 0. The molecule has 0 aliphatic rings. The molecule has 82 valence electrons. The molecule has 1 heterocycles. The lowest BCUT2D eigenvalue weighted by molar-refractivity contribution is 0.318. The number of rotatable bonds is 3. The first-order valence-electron chi connectivity index (χ1n) is 4.76. The number of aryl methyl sites for hydroxylation is 1. The van der Waals surface area contributed by atoms with Gasteiger partial charge in [0.2, 0.25) is 0 Å². The fourth-order valence-electron chi connectivity index (χ4n) is 1.35. The summed E-state index contributed by atoms with van der Waals surface area (Å²) in [5.74, 6) is 0.823. The monoisotopic (exact) mass is 208 g/mol. The van der Waals surface area contributed by atoms with Crippen LogP contribution in [0, 0.1) is 6.92 Å². The minimum absolute atomic E-state index is 0.0934. The van der Waals surface area contributed by atoms with Crippen LogP contribution < -0.4 is 10.6 Å². The SMILES string of the molecule is CCN(C)c1nccc(C)c1/C(N)=N/O. The largest absolute Gasteiger partial charge is 0.409 e. The first-order chi connectivity index (χ1) is 7.11. The third kappa shape index (κ3) is 2.18. The fraction of sp³-hybridized carbons (Fsp3) is 0.400. The van der Waals surface area contributed by atoms with Gasteiger partial charge in [-0.3, -0.25) is 0 Å². The van der Waals surface area contributed by atoms with Gasteiger partial charge in [-0.25, -0.2) is 4.98 Å². The Labute approximate surface area is 89.2 Å². The van der Waals surface area contributed by atoms with E-state index in [0.29, 0.717) is 5.56 Å². The molecule has 0 aliphatic carbocycles. The van der Waals surface area contributed by atoms with Gasteiger partial charge in [0, 0.05) is 19.8 Å². The zero-order chi connectivity index (χ0) is 11.4. The van der Waals surface area contributed by atoms with E-state index in [1.54, 1.807) is 6.20 Å². The smallest absolute Gasteiger partial charge is 0.174 e. The minimum atomic E-state index is 0.0934. The molecular formula is C10H16N4O. The summed E-state index contributed by atoms with van der Waals surface area (Å²) in [6.07, 6.45) is 1.71. The normalized spacial score (nSPS) is 11.5. The first kappa shape index (κ1) is 11.3. The van der Waals surface area contributed by atoms with E-state index < -0.39 is 0 Å². The van der Waals surface area contributed by atoms with Crippen LogP contribution in [0.3, 0.4) is 0 Å². The van der Waals surface area contributed by atoms with Crippen LogP contribution in [0.15, 0.2) is 17.4 Å². The second kappa shape index (κ2) is 4.63. The Morgan fingerprint density at radius 2 is 2.33 bits per heavy atom. The highest BCUT2D eigenvalue weighted by Gasteiger charge is 2.13. The number of oxime groups is 1. The number of nitrogens with zero attached hydrogens (tertiary/aromatic N) is 3. The van der Waals surface area contributed by atoms with Gasteiger partial charge in [0.25, 0.3) is 0 Å². The van der Waals surface area contributed by atoms with Crippen molar-refractivity contribution in [1.82, 2.24) is 4.98 Å². The predicted molar refractivity (Wildman–Crippen MR) is 60.4 cm³/mol. The molecular weight excluding hydrogens is 192 g/mol. The summed E-state index contributed by atoms with van der Waals surface area (Å²) in [7, 11) is 1.91. The van der Waals surface area contributed by atoms with Crippen molar-refractivity contribution in [3.8, 4) is 0 Å². The van der Waals surface area contributed by atoms with Crippen LogP contribution in [0.4, 0.5) is 5.82 Å². The van der Waals surface area contributed by atoms with Crippen molar-refractivity contribution in [1.29, 1.82) is 0 Å². The molecule has 5 heteroatoms. The van der Waals surface area contributed by atoms with E-state index >= 15 is 0 Å². The van der Waals surface area contributed by atoms with Gasteiger partial charge in [-0.2, -0.15) is 0 Å². The lowest BCUT2D eigenvalue weighted by Gasteiger charge is -2.19. The van der Waals surface area contributed by atoms with Crippen LogP contribution in [-0.2, 0) is 0 Å². The van der Waals surface area contributed by atoms with Crippen molar-refractivity contribution >= 4 is 11.7 Å². The van der Waals surface area contributed by atoms with Crippen molar-refractivity contribution in [2.45, 2.75) is 13.8 Å². The molecule has 0 aliphatic heterocycles. The molecule has 0 amide bonds. The Morgan fingerprint density at radius 3 is 2.87 bits per heavy atom. The van der Waals surface area contributed by atoms with Crippen LogP contribution in [0.2, 0.25) is 0 Å². The van der Waals surface area contributed by atoms with Gasteiger partial charge < -0.3 is 15.8 Å².